The number of hydrogen-bond donors (Lipinski definition) is 0. The fourth-order valence-corrected chi connectivity index (χ4v) is 0.499. The van der Waals surface area contributed by atoms with Gasteiger partial charge in [-0.2, -0.15) is 0 Å². The second-order valence-electron chi connectivity index (χ2n) is 1.43. The van der Waals surface area contributed by atoms with Crippen LogP contribution < -0.4 is 34.2 Å². The van der Waals surface area contributed by atoms with E-state index in [9.17, 15) is 0 Å². The van der Waals surface area contributed by atoms with E-state index in [1.807, 2.05) is 18.2 Å². The molecule has 0 spiro atoms. The maximum Gasteiger partial charge on any atom is 1.00 e. The zero-order valence-corrected chi connectivity index (χ0v) is 7.37. The van der Waals surface area contributed by atoms with Crippen molar-refractivity contribution >= 4 is 8.05 Å². The van der Waals surface area contributed by atoms with Crippen molar-refractivity contribution in [2.75, 3.05) is 0 Å². The van der Waals surface area contributed by atoms with Crippen molar-refractivity contribution in [3.8, 4) is 5.75 Å². The van der Waals surface area contributed by atoms with Crippen LogP contribution in [0.15, 0.2) is 30.3 Å². The Morgan fingerprint density at radius 3 is 2.11 bits per heavy atom. The molecule has 0 heterocycles. The van der Waals surface area contributed by atoms with E-state index < -0.39 is 0 Å². The first kappa shape index (κ1) is 9.08. The summed E-state index contributed by atoms with van der Waals surface area (Å²) >= 11 is 0. The normalized spacial score (nSPS) is 7.56. The van der Waals surface area contributed by atoms with Crippen molar-refractivity contribution in [1.29, 1.82) is 0 Å². The van der Waals surface area contributed by atoms with Gasteiger partial charge in [-0.15, -0.1) is 0 Å². The van der Waals surface area contributed by atoms with Crippen LogP contribution in [0.25, 0.3) is 0 Å². The maximum atomic E-state index is 4.85. The maximum absolute atomic E-state index is 4.85. The van der Waals surface area contributed by atoms with Crippen molar-refractivity contribution in [2.24, 2.45) is 0 Å². The molecule has 1 rings (SSSR count). The molecule has 0 saturated heterocycles. The van der Waals surface area contributed by atoms with Crippen molar-refractivity contribution in [3.05, 3.63) is 30.3 Å². The molecule has 0 aromatic heterocycles. The SMILES string of the molecule is [B]Oc1ccccc1.[H-].[Na+]. The summed E-state index contributed by atoms with van der Waals surface area (Å²) in [6.07, 6.45) is 0. The Kier molecular flexibility index (Phi) is 4.96. The van der Waals surface area contributed by atoms with Crippen molar-refractivity contribution < 1.29 is 35.6 Å². The number of para-hydroxylation sites is 1. The summed E-state index contributed by atoms with van der Waals surface area (Å²) in [7, 11) is 4.85. The van der Waals surface area contributed by atoms with E-state index in [1.165, 1.54) is 0 Å². The molecule has 0 unspecified atom stereocenters. The van der Waals surface area contributed by atoms with Gasteiger partial charge in [-0.25, -0.2) is 0 Å². The summed E-state index contributed by atoms with van der Waals surface area (Å²) in [6, 6.07) is 9.22. The molecule has 0 N–H and O–H groups in total. The Hall–Kier alpha value is 0.0849. The summed E-state index contributed by atoms with van der Waals surface area (Å²) in [5.41, 5.74) is 0. The smallest absolute Gasteiger partial charge is 1.00 e. The number of rotatable bonds is 1. The van der Waals surface area contributed by atoms with Crippen LogP contribution in [0.4, 0.5) is 0 Å². The molecule has 9 heavy (non-hydrogen) atoms. The Morgan fingerprint density at radius 2 is 1.78 bits per heavy atom. The van der Waals surface area contributed by atoms with Gasteiger partial charge in [0.25, 0.3) is 0 Å². The molecule has 0 aliphatic rings. The van der Waals surface area contributed by atoms with Gasteiger partial charge in [-0.05, 0) is 12.1 Å². The van der Waals surface area contributed by atoms with Crippen molar-refractivity contribution in [1.82, 2.24) is 0 Å². The van der Waals surface area contributed by atoms with Gasteiger partial charge in [0, 0.05) is 0 Å². The van der Waals surface area contributed by atoms with E-state index in [4.69, 9.17) is 8.05 Å². The minimum atomic E-state index is 0. The Labute approximate surface area is 79.6 Å². The molecule has 1 aromatic carbocycles. The molecule has 1 nitrogen and oxygen atoms in total. The molecule has 0 aliphatic heterocycles. The number of benzene rings is 1. The third-order valence-electron chi connectivity index (χ3n) is 0.879. The average molecular weight is 128 g/mol. The van der Waals surface area contributed by atoms with Gasteiger partial charge in [-0.1, -0.05) is 18.2 Å². The zero-order valence-electron chi connectivity index (χ0n) is 6.37. The molecule has 3 heteroatoms. The van der Waals surface area contributed by atoms with Gasteiger partial charge in [0.15, 0.2) is 0 Å². The van der Waals surface area contributed by atoms with E-state index in [0.29, 0.717) is 5.75 Å². The summed E-state index contributed by atoms with van der Waals surface area (Å²) < 4.78 is 4.41. The minimum absolute atomic E-state index is 0. The largest absolute Gasteiger partial charge is 1.00 e. The third kappa shape index (κ3) is 2.94. The van der Waals surface area contributed by atoms with E-state index in [0.717, 1.165) is 0 Å². The van der Waals surface area contributed by atoms with Gasteiger partial charge in [0.05, 0.1) is 5.75 Å². The van der Waals surface area contributed by atoms with Gasteiger partial charge in [0.2, 0.25) is 0 Å². The summed E-state index contributed by atoms with van der Waals surface area (Å²) in [5, 5.41) is 0. The first-order chi connectivity index (χ1) is 3.93. The van der Waals surface area contributed by atoms with Crippen LogP contribution in [0, 0.1) is 0 Å². The third-order valence-corrected chi connectivity index (χ3v) is 0.879. The fourth-order valence-electron chi connectivity index (χ4n) is 0.499. The monoisotopic (exact) mass is 128 g/mol. The van der Waals surface area contributed by atoms with Crippen molar-refractivity contribution in [2.45, 2.75) is 0 Å². The molecule has 0 saturated carbocycles. The van der Waals surface area contributed by atoms with Crippen LogP contribution in [-0.2, 0) is 0 Å². The van der Waals surface area contributed by atoms with Crippen molar-refractivity contribution in [3.63, 3.8) is 0 Å². The summed E-state index contributed by atoms with van der Waals surface area (Å²) in [4.78, 5) is 0. The molecule has 0 atom stereocenters. The van der Waals surface area contributed by atoms with Crippen LogP contribution in [-0.4, -0.2) is 8.05 Å². The molecular weight excluding hydrogens is 122 g/mol. The van der Waals surface area contributed by atoms with Crippen LogP contribution in [0.2, 0.25) is 0 Å². The second-order valence-corrected chi connectivity index (χ2v) is 1.43. The van der Waals surface area contributed by atoms with Gasteiger partial charge in [-0.3, -0.25) is 0 Å². The van der Waals surface area contributed by atoms with Crippen LogP contribution in [0.1, 0.15) is 1.43 Å². The summed E-state index contributed by atoms with van der Waals surface area (Å²) in [6.45, 7) is 0. The van der Waals surface area contributed by atoms with Crippen LogP contribution in [0.5, 0.6) is 5.75 Å². The second kappa shape index (κ2) is 4.92. The van der Waals surface area contributed by atoms with Gasteiger partial charge in [0.1, 0.15) is 0 Å². The molecule has 0 aliphatic carbocycles. The Bertz CT molecular complexity index is 159. The van der Waals surface area contributed by atoms with E-state index in [2.05, 4.69) is 4.65 Å². The molecule has 0 amide bonds. The Balaban J connectivity index is 0. The van der Waals surface area contributed by atoms with Gasteiger partial charge >= 0.3 is 37.6 Å². The molecule has 0 fully saturated rings. The predicted molar refractivity (Wildman–Crippen MR) is 33.9 cm³/mol. The topological polar surface area (TPSA) is 9.23 Å². The van der Waals surface area contributed by atoms with Crippen LogP contribution in [0.3, 0.4) is 0 Å². The first-order valence-electron chi connectivity index (χ1n) is 2.35. The first-order valence-corrected chi connectivity index (χ1v) is 2.35. The van der Waals surface area contributed by atoms with E-state index in [1.54, 1.807) is 12.1 Å². The quantitative estimate of drug-likeness (QED) is 0.408. The molecule has 0 bridgehead atoms. The van der Waals surface area contributed by atoms with E-state index >= 15 is 0 Å². The predicted octanol–water partition coefficient (Wildman–Crippen LogP) is -1.73. The standard InChI is InChI=1S/C6H5BO.Na.H/c7-8-6-4-2-1-3-5-6;;/h1-5H;;/q;+1;-1. The molecular formula is C6H6BNaO. The van der Waals surface area contributed by atoms with Gasteiger partial charge < -0.3 is 6.08 Å². The fraction of sp³-hybridized carbons (Fsp3) is 0. The minimum Gasteiger partial charge on any atom is -1.00 e. The van der Waals surface area contributed by atoms with Crippen LogP contribution >= 0.6 is 0 Å². The number of hydrogen-bond acceptors (Lipinski definition) is 1. The molecule has 40 valence electrons. The zero-order chi connectivity index (χ0) is 5.82. The molecule has 2 radical (unpaired) electrons. The summed E-state index contributed by atoms with van der Waals surface area (Å²) in [5.74, 6) is 0.688. The Morgan fingerprint density at radius 1 is 1.22 bits per heavy atom. The average Bonchev–Trinajstić information content (AvgIpc) is 1.90. The molecule has 1 aromatic rings. The van der Waals surface area contributed by atoms with E-state index in [-0.39, 0.29) is 31.0 Å².